The maximum atomic E-state index is 10.6. The maximum absolute atomic E-state index is 10.6. The van der Waals surface area contributed by atoms with E-state index >= 15 is 0 Å². The van der Waals surface area contributed by atoms with Gasteiger partial charge in [-0.05, 0) is 31.5 Å². The molecule has 88 valence electrons. The SMILES string of the molecule is CC1(C)CC(O)(c2ccc(Cl)cc2)CCO1. The highest BCUT2D eigenvalue weighted by Crippen LogP contribution is 2.39. The molecule has 0 bridgehead atoms. The van der Waals surface area contributed by atoms with Crippen LogP contribution in [0.15, 0.2) is 24.3 Å². The van der Waals surface area contributed by atoms with Crippen LogP contribution in [0.3, 0.4) is 0 Å². The molecule has 1 atom stereocenters. The molecule has 1 fully saturated rings. The zero-order chi connectivity index (χ0) is 11.8. The van der Waals surface area contributed by atoms with Crippen LogP contribution in [0.5, 0.6) is 0 Å². The third kappa shape index (κ3) is 2.40. The van der Waals surface area contributed by atoms with Crippen molar-refractivity contribution in [3.8, 4) is 0 Å². The average Bonchev–Trinajstić information content (AvgIpc) is 2.16. The molecule has 2 nitrogen and oxygen atoms in total. The van der Waals surface area contributed by atoms with Gasteiger partial charge < -0.3 is 9.84 Å². The van der Waals surface area contributed by atoms with Crippen molar-refractivity contribution in [2.45, 2.75) is 37.9 Å². The molecule has 1 aromatic rings. The van der Waals surface area contributed by atoms with E-state index in [0.717, 1.165) is 5.56 Å². The van der Waals surface area contributed by atoms with Gasteiger partial charge in [-0.1, -0.05) is 23.7 Å². The van der Waals surface area contributed by atoms with Crippen molar-refractivity contribution < 1.29 is 9.84 Å². The zero-order valence-electron chi connectivity index (χ0n) is 9.66. The minimum Gasteiger partial charge on any atom is -0.385 e. The monoisotopic (exact) mass is 240 g/mol. The highest BCUT2D eigenvalue weighted by atomic mass is 35.5. The van der Waals surface area contributed by atoms with Gasteiger partial charge in [-0.15, -0.1) is 0 Å². The lowest BCUT2D eigenvalue weighted by Gasteiger charge is -2.41. The standard InChI is InChI=1S/C13H17ClO2/c1-12(2)9-13(15,7-8-16-12)10-3-5-11(14)6-4-10/h3-6,15H,7-9H2,1-2H3. The Balaban J connectivity index is 2.27. The van der Waals surface area contributed by atoms with Gasteiger partial charge in [0, 0.05) is 17.9 Å². The molecule has 1 N–H and O–H groups in total. The van der Waals surface area contributed by atoms with Crippen LogP contribution < -0.4 is 0 Å². The van der Waals surface area contributed by atoms with Crippen LogP contribution in [0.4, 0.5) is 0 Å². The molecule has 0 radical (unpaired) electrons. The summed E-state index contributed by atoms with van der Waals surface area (Å²) in [6.45, 7) is 4.60. The Bertz CT molecular complexity index is 372. The van der Waals surface area contributed by atoms with Gasteiger partial charge >= 0.3 is 0 Å². The number of hydrogen-bond donors (Lipinski definition) is 1. The molecule has 0 aliphatic carbocycles. The van der Waals surface area contributed by atoms with E-state index in [0.29, 0.717) is 24.5 Å². The number of benzene rings is 1. The molecule has 0 aromatic heterocycles. The summed E-state index contributed by atoms with van der Waals surface area (Å²) in [6, 6.07) is 7.42. The summed E-state index contributed by atoms with van der Waals surface area (Å²) in [6.07, 6.45) is 1.25. The molecule has 0 spiro atoms. The van der Waals surface area contributed by atoms with E-state index in [1.807, 2.05) is 38.1 Å². The van der Waals surface area contributed by atoms with Crippen molar-refractivity contribution in [2.75, 3.05) is 6.61 Å². The van der Waals surface area contributed by atoms with Crippen molar-refractivity contribution in [1.29, 1.82) is 0 Å². The fourth-order valence-corrected chi connectivity index (χ4v) is 2.47. The van der Waals surface area contributed by atoms with Crippen molar-refractivity contribution in [1.82, 2.24) is 0 Å². The lowest BCUT2D eigenvalue weighted by molar-refractivity contribution is -0.148. The van der Waals surface area contributed by atoms with Gasteiger partial charge in [0.15, 0.2) is 0 Å². The summed E-state index contributed by atoms with van der Waals surface area (Å²) >= 11 is 5.85. The van der Waals surface area contributed by atoms with Gasteiger partial charge in [0.2, 0.25) is 0 Å². The highest BCUT2D eigenvalue weighted by Gasteiger charge is 2.40. The topological polar surface area (TPSA) is 29.5 Å². The number of rotatable bonds is 1. The highest BCUT2D eigenvalue weighted by molar-refractivity contribution is 6.30. The first-order valence-electron chi connectivity index (χ1n) is 5.54. The van der Waals surface area contributed by atoms with Crippen LogP contribution in [-0.2, 0) is 10.3 Å². The van der Waals surface area contributed by atoms with E-state index in [2.05, 4.69) is 0 Å². The summed E-state index contributed by atoms with van der Waals surface area (Å²) in [5.41, 5.74) is -0.132. The second-order valence-electron chi connectivity index (χ2n) is 5.07. The minimum atomic E-state index is -0.785. The lowest BCUT2D eigenvalue weighted by atomic mass is 9.79. The van der Waals surface area contributed by atoms with Crippen LogP contribution in [0.2, 0.25) is 5.02 Å². The molecule has 1 heterocycles. The van der Waals surface area contributed by atoms with Gasteiger partial charge in [0.1, 0.15) is 0 Å². The molecule has 0 saturated carbocycles. The third-order valence-electron chi connectivity index (χ3n) is 3.11. The molecule has 16 heavy (non-hydrogen) atoms. The second kappa shape index (κ2) is 4.02. The Morgan fingerprint density at radius 2 is 1.88 bits per heavy atom. The molecule has 1 aliphatic heterocycles. The zero-order valence-corrected chi connectivity index (χ0v) is 10.4. The smallest absolute Gasteiger partial charge is 0.0945 e. The molecule has 0 amide bonds. The quantitative estimate of drug-likeness (QED) is 0.817. The van der Waals surface area contributed by atoms with E-state index in [1.54, 1.807) is 0 Å². The van der Waals surface area contributed by atoms with Crippen molar-refractivity contribution >= 4 is 11.6 Å². The predicted molar refractivity (Wildman–Crippen MR) is 64.6 cm³/mol. The number of hydrogen-bond acceptors (Lipinski definition) is 2. The Labute approximate surface area is 101 Å². The van der Waals surface area contributed by atoms with E-state index in [1.165, 1.54) is 0 Å². The summed E-state index contributed by atoms with van der Waals surface area (Å²) < 4.78 is 5.62. The molecule has 2 rings (SSSR count). The summed E-state index contributed by atoms with van der Waals surface area (Å²) in [5, 5.41) is 11.3. The van der Waals surface area contributed by atoms with Crippen molar-refractivity contribution in [2.24, 2.45) is 0 Å². The van der Waals surface area contributed by atoms with Crippen LogP contribution in [-0.4, -0.2) is 17.3 Å². The summed E-state index contributed by atoms with van der Waals surface area (Å²) in [7, 11) is 0. The molecular weight excluding hydrogens is 224 g/mol. The van der Waals surface area contributed by atoms with Gasteiger partial charge in [0.25, 0.3) is 0 Å². The van der Waals surface area contributed by atoms with Crippen LogP contribution in [0.25, 0.3) is 0 Å². The largest absolute Gasteiger partial charge is 0.385 e. The average molecular weight is 241 g/mol. The second-order valence-corrected chi connectivity index (χ2v) is 5.51. The first-order chi connectivity index (χ1) is 7.41. The first-order valence-corrected chi connectivity index (χ1v) is 5.92. The van der Waals surface area contributed by atoms with Gasteiger partial charge in [-0.2, -0.15) is 0 Å². The van der Waals surface area contributed by atoms with E-state index < -0.39 is 5.60 Å². The number of ether oxygens (including phenoxy) is 1. The first kappa shape index (κ1) is 11.9. The van der Waals surface area contributed by atoms with Gasteiger partial charge in [0.05, 0.1) is 17.8 Å². The Hall–Kier alpha value is -0.570. The fourth-order valence-electron chi connectivity index (χ4n) is 2.35. The van der Waals surface area contributed by atoms with Crippen molar-refractivity contribution in [3.63, 3.8) is 0 Å². The Kier molecular flexibility index (Phi) is 2.99. The summed E-state index contributed by atoms with van der Waals surface area (Å²) in [5.74, 6) is 0. The predicted octanol–water partition coefficient (Wildman–Crippen LogP) is 3.12. The van der Waals surface area contributed by atoms with E-state index in [4.69, 9.17) is 16.3 Å². The van der Waals surface area contributed by atoms with Gasteiger partial charge in [-0.3, -0.25) is 0 Å². The van der Waals surface area contributed by atoms with Crippen molar-refractivity contribution in [3.05, 3.63) is 34.9 Å². The van der Waals surface area contributed by atoms with E-state index in [-0.39, 0.29) is 5.60 Å². The maximum Gasteiger partial charge on any atom is 0.0945 e. The molecule has 3 heteroatoms. The van der Waals surface area contributed by atoms with Crippen LogP contribution in [0.1, 0.15) is 32.3 Å². The fraction of sp³-hybridized carbons (Fsp3) is 0.538. The van der Waals surface area contributed by atoms with E-state index in [9.17, 15) is 5.11 Å². The Morgan fingerprint density at radius 1 is 1.25 bits per heavy atom. The number of halogens is 1. The molecule has 1 saturated heterocycles. The third-order valence-corrected chi connectivity index (χ3v) is 3.36. The molecular formula is C13H17ClO2. The minimum absolute atomic E-state index is 0.271. The summed E-state index contributed by atoms with van der Waals surface area (Å²) in [4.78, 5) is 0. The normalized spacial score (nSPS) is 29.0. The lowest BCUT2D eigenvalue weighted by Crippen LogP contribution is -2.43. The molecule has 1 aromatic carbocycles. The van der Waals surface area contributed by atoms with Crippen LogP contribution >= 0.6 is 11.6 Å². The molecule has 1 unspecified atom stereocenters. The van der Waals surface area contributed by atoms with Gasteiger partial charge in [-0.25, -0.2) is 0 Å². The van der Waals surface area contributed by atoms with Crippen LogP contribution in [0, 0.1) is 0 Å². The molecule has 1 aliphatic rings. The number of aliphatic hydroxyl groups is 1. The Morgan fingerprint density at radius 3 is 2.44 bits per heavy atom.